The molecule has 0 N–H and O–H groups in total. The summed E-state index contributed by atoms with van der Waals surface area (Å²) in [6, 6.07) is 0. The molecular formula is C16H22O2. The van der Waals surface area contributed by atoms with E-state index in [-0.39, 0.29) is 5.41 Å². The highest BCUT2D eigenvalue weighted by Gasteiger charge is 2.46. The second-order valence-corrected chi connectivity index (χ2v) is 6.05. The smallest absolute Gasteiger partial charge is 0.146 e. The van der Waals surface area contributed by atoms with Crippen molar-refractivity contribution in [1.29, 1.82) is 0 Å². The first-order valence-corrected chi connectivity index (χ1v) is 7.28. The van der Waals surface area contributed by atoms with Crippen molar-refractivity contribution in [2.75, 3.05) is 0 Å². The average Bonchev–Trinajstić information content (AvgIpc) is 2.67. The van der Waals surface area contributed by atoms with E-state index in [9.17, 15) is 4.79 Å². The molecule has 18 heavy (non-hydrogen) atoms. The molecule has 0 radical (unpaired) electrons. The zero-order valence-corrected chi connectivity index (χ0v) is 11.4. The van der Waals surface area contributed by atoms with Gasteiger partial charge in [-0.25, -0.2) is 0 Å². The SMILES string of the molecule is CCCC1CCC2=C(CCC3(C)C(=O)CC=C23)O1. The summed E-state index contributed by atoms with van der Waals surface area (Å²) in [5, 5.41) is 0. The lowest BCUT2D eigenvalue weighted by molar-refractivity contribution is -0.124. The minimum absolute atomic E-state index is 0.195. The predicted molar refractivity (Wildman–Crippen MR) is 71.1 cm³/mol. The van der Waals surface area contributed by atoms with Crippen molar-refractivity contribution in [3.05, 3.63) is 23.0 Å². The Morgan fingerprint density at radius 3 is 3.06 bits per heavy atom. The van der Waals surface area contributed by atoms with Crippen LogP contribution in [0.3, 0.4) is 0 Å². The van der Waals surface area contributed by atoms with Crippen LogP contribution in [-0.2, 0) is 9.53 Å². The monoisotopic (exact) mass is 246 g/mol. The van der Waals surface area contributed by atoms with Gasteiger partial charge in [-0.2, -0.15) is 0 Å². The summed E-state index contributed by atoms with van der Waals surface area (Å²) in [7, 11) is 0. The number of ether oxygens (including phenoxy) is 1. The number of carbonyl (C=O) groups is 1. The molecule has 2 heteroatoms. The molecule has 3 aliphatic rings. The Morgan fingerprint density at radius 2 is 2.28 bits per heavy atom. The highest BCUT2D eigenvalue weighted by molar-refractivity contribution is 5.93. The van der Waals surface area contributed by atoms with E-state index in [1.807, 2.05) is 0 Å². The Morgan fingerprint density at radius 1 is 1.44 bits per heavy atom. The van der Waals surface area contributed by atoms with E-state index >= 15 is 0 Å². The Hall–Kier alpha value is -1.05. The minimum atomic E-state index is -0.195. The van der Waals surface area contributed by atoms with Gasteiger partial charge in [0.15, 0.2) is 0 Å². The van der Waals surface area contributed by atoms with E-state index in [1.165, 1.54) is 23.3 Å². The zero-order chi connectivity index (χ0) is 12.8. The predicted octanol–water partition coefficient (Wildman–Crippen LogP) is 3.92. The number of fused-ring (bicyclic) bond motifs is 2. The third-order valence-electron chi connectivity index (χ3n) is 4.85. The Balaban J connectivity index is 1.88. The molecule has 1 heterocycles. The van der Waals surface area contributed by atoms with Crippen LogP contribution in [0.4, 0.5) is 0 Å². The topological polar surface area (TPSA) is 26.3 Å². The summed E-state index contributed by atoms with van der Waals surface area (Å²) in [6.07, 6.45) is 9.66. The minimum Gasteiger partial charge on any atom is -0.494 e. The summed E-state index contributed by atoms with van der Waals surface area (Å²) in [4.78, 5) is 12.1. The number of Topliss-reactive ketones (excluding diaryl/α,β-unsaturated/α-hetero) is 1. The molecule has 2 unspecified atom stereocenters. The van der Waals surface area contributed by atoms with Crippen LogP contribution in [0.25, 0.3) is 0 Å². The zero-order valence-electron chi connectivity index (χ0n) is 11.4. The molecule has 0 bridgehead atoms. The fraction of sp³-hybridized carbons (Fsp3) is 0.688. The Bertz CT molecular complexity index is 444. The van der Waals surface area contributed by atoms with Crippen molar-refractivity contribution < 1.29 is 9.53 Å². The quantitative estimate of drug-likeness (QED) is 0.738. The van der Waals surface area contributed by atoms with Gasteiger partial charge in [0.2, 0.25) is 0 Å². The van der Waals surface area contributed by atoms with Crippen molar-refractivity contribution in [1.82, 2.24) is 0 Å². The fourth-order valence-electron chi connectivity index (χ4n) is 3.69. The van der Waals surface area contributed by atoms with Crippen LogP contribution in [0.15, 0.2) is 23.0 Å². The highest BCUT2D eigenvalue weighted by Crippen LogP contribution is 2.51. The lowest BCUT2D eigenvalue weighted by atomic mass is 9.70. The van der Waals surface area contributed by atoms with Gasteiger partial charge < -0.3 is 4.74 Å². The van der Waals surface area contributed by atoms with Crippen LogP contribution in [0.2, 0.25) is 0 Å². The average molecular weight is 246 g/mol. The van der Waals surface area contributed by atoms with Crippen LogP contribution in [0.1, 0.15) is 58.8 Å². The van der Waals surface area contributed by atoms with Gasteiger partial charge in [-0.3, -0.25) is 4.79 Å². The molecule has 1 aliphatic heterocycles. The fourth-order valence-corrected chi connectivity index (χ4v) is 3.69. The first-order valence-electron chi connectivity index (χ1n) is 7.28. The number of hydrogen-bond donors (Lipinski definition) is 0. The summed E-state index contributed by atoms with van der Waals surface area (Å²) in [5.74, 6) is 1.60. The van der Waals surface area contributed by atoms with E-state index in [1.54, 1.807) is 0 Å². The first-order chi connectivity index (χ1) is 8.65. The second-order valence-electron chi connectivity index (χ2n) is 6.05. The number of rotatable bonds is 2. The van der Waals surface area contributed by atoms with Gasteiger partial charge in [0.05, 0.1) is 17.3 Å². The molecule has 0 spiro atoms. The molecule has 0 aromatic rings. The summed E-state index contributed by atoms with van der Waals surface area (Å²) < 4.78 is 6.15. The van der Waals surface area contributed by atoms with Crippen LogP contribution in [0.5, 0.6) is 0 Å². The molecule has 0 aromatic heterocycles. The van der Waals surface area contributed by atoms with Gasteiger partial charge in [0, 0.05) is 12.8 Å². The van der Waals surface area contributed by atoms with Crippen molar-refractivity contribution in [3.8, 4) is 0 Å². The number of allylic oxidation sites excluding steroid dienone is 4. The van der Waals surface area contributed by atoms with Crippen LogP contribution in [-0.4, -0.2) is 11.9 Å². The van der Waals surface area contributed by atoms with E-state index in [4.69, 9.17) is 4.74 Å². The Kier molecular flexibility index (Phi) is 2.84. The van der Waals surface area contributed by atoms with E-state index in [0.29, 0.717) is 18.3 Å². The summed E-state index contributed by atoms with van der Waals surface area (Å²) >= 11 is 0. The molecular weight excluding hydrogens is 224 g/mol. The number of carbonyl (C=O) groups excluding carboxylic acids is 1. The van der Waals surface area contributed by atoms with Gasteiger partial charge >= 0.3 is 0 Å². The molecule has 3 rings (SSSR count). The molecule has 0 aromatic carbocycles. The van der Waals surface area contributed by atoms with Crippen LogP contribution in [0, 0.1) is 5.41 Å². The molecule has 0 saturated carbocycles. The lowest BCUT2D eigenvalue weighted by Crippen LogP contribution is -2.33. The maximum Gasteiger partial charge on any atom is 0.146 e. The number of hydrogen-bond acceptors (Lipinski definition) is 2. The standard InChI is InChI=1S/C16H22O2/c1-3-4-11-5-6-12-13-7-8-15(17)16(13,2)10-9-14(12)18-11/h7,11H,3-6,8-10H2,1-2H3. The lowest BCUT2D eigenvalue weighted by Gasteiger charge is -2.39. The maximum absolute atomic E-state index is 12.1. The molecule has 0 fully saturated rings. The summed E-state index contributed by atoms with van der Waals surface area (Å²) in [5.41, 5.74) is 2.46. The third kappa shape index (κ3) is 1.65. The molecule has 98 valence electrons. The van der Waals surface area contributed by atoms with Crippen molar-refractivity contribution in [3.63, 3.8) is 0 Å². The third-order valence-corrected chi connectivity index (χ3v) is 4.85. The van der Waals surface area contributed by atoms with Gasteiger partial charge in [-0.1, -0.05) is 19.4 Å². The number of ketones is 1. The molecule has 2 aliphatic carbocycles. The van der Waals surface area contributed by atoms with Crippen molar-refractivity contribution >= 4 is 5.78 Å². The maximum atomic E-state index is 12.1. The van der Waals surface area contributed by atoms with Crippen molar-refractivity contribution in [2.24, 2.45) is 5.41 Å². The second kappa shape index (κ2) is 4.25. The van der Waals surface area contributed by atoms with Gasteiger partial charge in [-0.15, -0.1) is 0 Å². The molecule has 2 atom stereocenters. The molecule has 0 saturated heterocycles. The largest absolute Gasteiger partial charge is 0.494 e. The highest BCUT2D eigenvalue weighted by atomic mass is 16.5. The van der Waals surface area contributed by atoms with E-state index < -0.39 is 0 Å². The summed E-state index contributed by atoms with van der Waals surface area (Å²) in [6.45, 7) is 4.33. The molecule has 2 nitrogen and oxygen atoms in total. The van der Waals surface area contributed by atoms with Gasteiger partial charge in [-0.05, 0) is 43.8 Å². The van der Waals surface area contributed by atoms with Crippen LogP contribution >= 0.6 is 0 Å². The molecule has 0 amide bonds. The normalized spacial score (nSPS) is 34.9. The first kappa shape index (κ1) is 12.0. The van der Waals surface area contributed by atoms with Crippen LogP contribution < -0.4 is 0 Å². The Labute approximate surface area is 109 Å². The van der Waals surface area contributed by atoms with E-state index in [2.05, 4.69) is 19.9 Å². The van der Waals surface area contributed by atoms with Gasteiger partial charge in [0.25, 0.3) is 0 Å². The van der Waals surface area contributed by atoms with Crippen molar-refractivity contribution in [2.45, 2.75) is 64.9 Å². The van der Waals surface area contributed by atoms with E-state index in [0.717, 1.165) is 32.1 Å². The van der Waals surface area contributed by atoms with Gasteiger partial charge in [0.1, 0.15) is 5.78 Å².